The van der Waals surface area contributed by atoms with E-state index in [0.717, 1.165) is 42.8 Å². The molecule has 102 valence electrons. The summed E-state index contributed by atoms with van der Waals surface area (Å²) in [5.41, 5.74) is 0.868. The fourth-order valence-corrected chi connectivity index (χ4v) is 2.79. The third-order valence-corrected chi connectivity index (χ3v) is 3.89. The van der Waals surface area contributed by atoms with Gasteiger partial charge in [-0.3, -0.25) is 4.40 Å². The SMILES string of the molecule is CNCC1CCN(c2nccn3c(C)nnc23)CC1. The number of anilines is 1. The molecule has 6 nitrogen and oxygen atoms in total. The van der Waals surface area contributed by atoms with E-state index in [1.165, 1.54) is 12.8 Å². The van der Waals surface area contributed by atoms with Gasteiger partial charge in [0.25, 0.3) is 0 Å². The summed E-state index contributed by atoms with van der Waals surface area (Å²) in [4.78, 5) is 6.83. The van der Waals surface area contributed by atoms with Crippen LogP contribution in [0.2, 0.25) is 0 Å². The van der Waals surface area contributed by atoms with E-state index in [1.807, 2.05) is 30.8 Å². The monoisotopic (exact) mass is 260 g/mol. The zero-order valence-corrected chi connectivity index (χ0v) is 11.5. The van der Waals surface area contributed by atoms with Gasteiger partial charge >= 0.3 is 0 Å². The Morgan fingerprint density at radius 2 is 2.11 bits per heavy atom. The van der Waals surface area contributed by atoms with Crippen molar-refractivity contribution in [3.8, 4) is 0 Å². The molecule has 0 radical (unpaired) electrons. The van der Waals surface area contributed by atoms with Gasteiger partial charge in [0.15, 0.2) is 5.82 Å². The van der Waals surface area contributed by atoms with Crippen LogP contribution in [-0.2, 0) is 0 Å². The van der Waals surface area contributed by atoms with Crippen LogP contribution in [0.5, 0.6) is 0 Å². The maximum absolute atomic E-state index is 4.50. The fraction of sp³-hybridized carbons (Fsp3) is 0.615. The van der Waals surface area contributed by atoms with Gasteiger partial charge < -0.3 is 10.2 Å². The first-order valence-corrected chi connectivity index (χ1v) is 6.85. The second kappa shape index (κ2) is 5.13. The lowest BCUT2D eigenvalue weighted by Gasteiger charge is -2.32. The second-order valence-corrected chi connectivity index (χ2v) is 5.18. The van der Waals surface area contributed by atoms with E-state index in [4.69, 9.17) is 0 Å². The van der Waals surface area contributed by atoms with E-state index >= 15 is 0 Å². The van der Waals surface area contributed by atoms with Crippen molar-refractivity contribution in [2.75, 3.05) is 31.6 Å². The first-order chi connectivity index (χ1) is 9.29. The standard InChI is InChI=1S/C13H20N6/c1-10-16-17-13-12(15-5-8-19(10)13)18-6-3-11(4-7-18)9-14-2/h5,8,11,14H,3-4,6-7,9H2,1-2H3. The van der Waals surface area contributed by atoms with Gasteiger partial charge in [0, 0.05) is 25.5 Å². The van der Waals surface area contributed by atoms with Crippen molar-refractivity contribution in [1.29, 1.82) is 0 Å². The predicted octanol–water partition coefficient (Wildman–Crippen LogP) is 0.869. The highest BCUT2D eigenvalue weighted by Crippen LogP contribution is 2.24. The fourth-order valence-electron chi connectivity index (χ4n) is 2.79. The molecule has 2 aromatic heterocycles. The van der Waals surface area contributed by atoms with Gasteiger partial charge in [0.1, 0.15) is 5.82 Å². The number of aromatic nitrogens is 4. The van der Waals surface area contributed by atoms with Crippen molar-refractivity contribution in [3.05, 3.63) is 18.2 Å². The lowest BCUT2D eigenvalue weighted by Crippen LogP contribution is -2.37. The maximum Gasteiger partial charge on any atom is 0.203 e. The van der Waals surface area contributed by atoms with Crippen molar-refractivity contribution < 1.29 is 0 Å². The van der Waals surface area contributed by atoms with Crippen LogP contribution in [0.25, 0.3) is 5.65 Å². The van der Waals surface area contributed by atoms with Crippen LogP contribution >= 0.6 is 0 Å². The molecule has 19 heavy (non-hydrogen) atoms. The Kier molecular flexibility index (Phi) is 3.33. The largest absolute Gasteiger partial charge is 0.353 e. The molecule has 0 spiro atoms. The Labute approximate surface area is 112 Å². The van der Waals surface area contributed by atoms with Crippen molar-refractivity contribution in [3.63, 3.8) is 0 Å². The number of nitrogens with one attached hydrogen (secondary N) is 1. The molecule has 3 rings (SSSR count). The van der Waals surface area contributed by atoms with E-state index in [1.54, 1.807) is 0 Å². The molecule has 0 unspecified atom stereocenters. The van der Waals surface area contributed by atoms with Crippen molar-refractivity contribution in [1.82, 2.24) is 24.9 Å². The molecule has 3 heterocycles. The van der Waals surface area contributed by atoms with E-state index in [0.29, 0.717) is 0 Å². The third kappa shape index (κ3) is 2.28. The number of nitrogens with zero attached hydrogens (tertiary/aromatic N) is 5. The number of hydrogen-bond acceptors (Lipinski definition) is 5. The van der Waals surface area contributed by atoms with E-state index in [2.05, 4.69) is 25.4 Å². The quantitative estimate of drug-likeness (QED) is 0.887. The summed E-state index contributed by atoms with van der Waals surface area (Å²) in [6, 6.07) is 0. The molecular weight excluding hydrogens is 240 g/mol. The third-order valence-electron chi connectivity index (χ3n) is 3.89. The molecule has 1 aliphatic heterocycles. The lowest BCUT2D eigenvalue weighted by molar-refractivity contribution is 0.392. The number of piperidine rings is 1. The van der Waals surface area contributed by atoms with Gasteiger partial charge in [-0.05, 0) is 39.3 Å². The Balaban J connectivity index is 1.82. The predicted molar refractivity (Wildman–Crippen MR) is 74.4 cm³/mol. The van der Waals surface area contributed by atoms with Gasteiger partial charge in [-0.25, -0.2) is 4.98 Å². The van der Waals surface area contributed by atoms with Gasteiger partial charge in [0.2, 0.25) is 5.65 Å². The molecule has 0 aromatic carbocycles. The topological polar surface area (TPSA) is 58.4 Å². The molecule has 1 saturated heterocycles. The summed E-state index contributed by atoms with van der Waals surface area (Å²) in [5, 5.41) is 11.6. The highest BCUT2D eigenvalue weighted by Gasteiger charge is 2.22. The molecule has 0 aliphatic carbocycles. The molecule has 0 atom stereocenters. The van der Waals surface area contributed by atoms with Crippen LogP contribution in [0.15, 0.2) is 12.4 Å². The summed E-state index contributed by atoms with van der Waals surface area (Å²) in [6.07, 6.45) is 6.16. The Bertz CT molecular complexity index is 555. The van der Waals surface area contributed by atoms with E-state index < -0.39 is 0 Å². The smallest absolute Gasteiger partial charge is 0.203 e. The number of hydrogen-bond donors (Lipinski definition) is 1. The van der Waals surface area contributed by atoms with E-state index in [9.17, 15) is 0 Å². The summed E-state index contributed by atoms with van der Waals surface area (Å²) in [6.45, 7) is 5.16. The van der Waals surface area contributed by atoms with Crippen molar-refractivity contribution in [2.24, 2.45) is 5.92 Å². The summed E-state index contributed by atoms with van der Waals surface area (Å²) < 4.78 is 2.00. The molecule has 6 heteroatoms. The molecule has 0 bridgehead atoms. The minimum absolute atomic E-state index is 0.778. The molecule has 2 aromatic rings. The average Bonchev–Trinajstić information content (AvgIpc) is 2.82. The highest BCUT2D eigenvalue weighted by atomic mass is 15.3. The summed E-state index contributed by atoms with van der Waals surface area (Å²) in [7, 11) is 2.02. The van der Waals surface area contributed by atoms with Crippen LogP contribution in [0, 0.1) is 12.8 Å². The van der Waals surface area contributed by atoms with Crippen LogP contribution in [0.4, 0.5) is 5.82 Å². The Morgan fingerprint density at radius 1 is 1.32 bits per heavy atom. The van der Waals surface area contributed by atoms with Gasteiger partial charge in [0.05, 0.1) is 0 Å². The number of fused-ring (bicyclic) bond motifs is 1. The summed E-state index contributed by atoms with van der Waals surface area (Å²) >= 11 is 0. The van der Waals surface area contributed by atoms with Crippen molar-refractivity contribution >= 4 is 11.5 Å². The molecule has 1 aliphatic rings. The van der Waals surface area contributed by atoms with Crippen LogP contribution in [-0.4, -0.2) is 46.3 Å². The first-order valence-electron chi connectivity index (χ1n) is 6.85. The minimum Gasteiger partial charge on any atom is -0.353 e. The van der Waals surface area contributed by atoms with Gasteiger partial charge in [-0.1, -0.05) is 0 Å². The highest BCUT2D eigenvalue weighted by molar-refractivity contribution is 5.63. The maximum atomic E-state index is 4.50. The average molecular weight is 260 g/mol. The van der Waals surface area contributed by atoms with Crippen LogP contribution < -0.4 is 10.2 Å². The Morgan fingerprint density at radius 3 is 2.84 bits per heavy atom. The van der Waals surface area contributed by atoms with Gasteiger partial charge in [-0.15, -0.1) is 10.2 Å². The molecular formula is C13H20N6. The van der Waals surface area contributed by atoms with Crippen molar-refractivity contribution in [2.45, 2.75) is 19.8 Å². The molecule has 0 saturated carbocycles. The normalized spacial score (nSPS) is 17.3. The summed E-state index contributed by atoms with van der Waals surface area (Å²) in [5.74, 6) is 2.65. The number of rotatable bonds is 3. The zero-order valence-electron chi connectivity index (χ0n) is 11.5. The Hall–Kier alpha value is -1.69. The second-order valence-electron chi connectivity index (χ2n) is 5.18. The first kappa shape index (κ1) is 12.3. The number of aryl methyl sites for hydroxylation is 1. The van der Waals surface area contributed by atoms with Crippen LogP contribution in [0.1, 0.15) is 18.7 Å². The molecule has 1 fully saturated rings. The zero-order chi connectivity index (χ0) is 13.2. The molecule has 0 amide bonds. The minimum atomic E-state index is 0.778. The lowest BCUT2D eigenvalue weighted by atomic mass is 9.97. The van der Waals surface area contributed by atoms with Crippen LogP contribution in [0.3, 0.4) is 0 Å². The van der Waals surface area contributed by atoms with Gasteiger partial charge in [-0.2, -0.15) is 0 Å². The molecule has 1 N–H and O–H groups in total. The van der Waals surface area contributed by atoms with E-state index in [-0.39, 0.29) is 0 Å².